The van der Waals surface area contributed by atoms with E-state index < -0.39 is 23.1 Å². The molecule has 0 amide bonds. The molecule has 8 heteroatoms. The van der Waals surface area contributed by atoms with Gasteiger partial charge in [0.25, 0.3) is 0 Å². The van der Waals surface area contributed by atoms with E-state index in [1.807, 2.05) is 13.8 Å². The number of hydrogen-bond donors (Lipinski definition) is 1. The van der Waals surface area contributed by atoms with Crippen LogP contribution in [0.1, 0.15) is 50.2 Å². The molecule has 0 unspecified atom stereocenters. The lowest BCUT2D eigenvalue weighted by atomic mass is 9.76. The average molecular weight is 377 g/mol. The van der Waals surface area contributed by atoms with E-state index in [2.05, 4.69) is 5.32 Å². The fourth-order valence-corrected chi connectivity index (χ4v) is 2.77. The quantitative estimate of drug-likeness (QED) is 0.348. The number of hydrogen-bond acceptors (Lipinski definition) is 8. The summed E-state index contributed by atoms with van der Waals surface area (Å²) in [4.78, 5) is 48.4. The number of fused-ring (bicyclic) bond motifs is 1. The predicted molar refractivity (Wildman–Crippen MR) is 96.4 cm³/mol. The lowest BCUT2D eigenvalue weighted by Crippen LogP contribution is -2.28. The molecular weight excluding hydrogens is 354 g/mol. The van der Waals surface area contributed by atoms with Crippen LogP contribution in [0.25, 0.3) is 0 Å². The monoisotopic (exact) mass is 377 g/mol. The minimum atomic E-state index is -0.886. The average Bonchev–Trinajstić information content (AvgIpc) is 2.55. The van der Waals surface area contributed by atoms with Crippen LogP contribution >= 0.6 is 0 Å². The second-order valence-corrected chi connectivity index (χ2v) is 6.87. The maximum absolute atomic E-state index is 12.3. The van der Waals surface area contributed by atoms with Crippen molar-refractivity contribution in [3.63, 3.8) is 0 Å². The summed E-state index contributed by atoms with van der Waals surface area (Å²) in [7, 11) is 0. The molecule has 0 saturated carbocycles. The molecular formula is C19H23NO7. The minimum absolute atomic E-state index is 0.0621. The summed E-state index contributed by atoms with van der Waals surface area (Å²) in [6.07, 6.45) is 1.82. The highest BCUT2D eigenvalue weighted by atomic mass is 16.6. The minimum Gasteiger partial charge on any atom is -0.462 e. The Morgan fingerprint density at radius 1 is 1.15 bits per heavy atom. The zero-order valence-electron chi connectivity index (χ0n) is 15.8. The molecule has 0 atom stereocenters. The van der Waals surface area contributed by atoms with Crippen LogP contribution in [0.15, 0.2) is 27.1 Å². The summed E-state index contributed by atoms with van der Waals surface area (Å²) < 4.78 is 14.9. The predicted octanol–water partition coefficient (Wildman–Crippen LogP) is 2.22. The Hall–Kier alpha value is -2.90. The molecule has 27 heavy (non-hydrogen) atoms. The first-order valence-corrected chi connectivity index (χ1v) is 8.69. The molecule has 1 aromatic heterocycles. The molecule has 0 bridgehead atoms. The van der Waals surface area contributed by atoms with Gasteiger partial charge in [-0.15, -0.1) is 0 Å². The number of carbonyl (C=O) groups excluding carboxylic acids is 3. The molecule has 2 rings (SSSR count). The van der Waals surface area contributed by atoms with Crippen LogP contribution < -0.4 is 10.9 Å². The Kier molecular flexibility index (Phi) is 6.20. The van der Waals surface area contributed by atoms with Crippen LogP contribution in [0.3, 0.4) is 0 Å². The van der Waals surface area contributed by atoms with E-state index in [1.54, 1.807) is 13.8 Å². The van der Waals surface area contributed by atoms with Crippen molar-refractivity contribution in [3.8, 4) is 0 Å². The van der Waals surface area contributed by atoms with Gasteiger partial charge in [0, 0.05) is 19.0 Å². The van der Waals surface area contributed by atoms with Gasteiger partial charge in [-0.2, -0.15) is 0 Å². The van der Waals surface area contributed by atoms with Gasteiger partial charge in [0.15, 0.2) is 11.4 Å². The van der Waals surface area contributed by atoms with Crippen LogP contribution in [-0.4, -0.2) is 30.9 Å². The molecule has 0 saturated heterocycles. The van der Waals surface area contributed by atoms with Gasteiger partial charge in [-0.25, -0.2) is 14.4 Å². The molecule has 1 N–H and O–H groups in total. The number of nitrogens with one attached hydrogen (secondary N) is 1. The lowest BCUT2D eigenvalue weighted by molar-refractivity contribution is -0.146. The van der Waals surface area contributed by atoms with E-state index in [1.165, 1.54) is 6.07 Å². The highest BCUT2D eigenvalue weighted by Crippen LogP contribution is 2.34. The maximum Gasteiger partial charge on any atom is 0.359 e. The Bertz CT molecular complexity index is 828. The van der Waals surface area contributed by atoms with Crippen LogP contribution in [0.5, 0.6) is 0 Å². The summed E-state index contributed by atoms with van der Waals surface area (Å²) in [5, 5.41) is 2.56. The number of ketones is 1. The van der Waals surface area contributed by atoms with Crippen molar-refractivity contribution < 1.29 is 28.3 Å². The van der Waals surface area contributed by atoms with Gasteiger partial charge in [0.1, 0.15) is 11.4 Å². The molecule has 0 radical (unpaired) electrons. The van der Waals surface area contributed by atoms with Crippen molar-refractivity contribution >= 4 is 23.4 Å². The van der Waals surface area contributed by atoms with Crippen LogP contribution in [0.4, 0.5) is 5.69 Å². The van der Waals surface area contributed by atoms with Gasteiger partial charge in [-0.05, 0) is 25.3 Å². The first kappa shape index (κ1) is 20.4. The van der Waals surface area contributed by atoms with Crippen molar-refractivity contribution in [2.75, 3.05) is 18.5 Å². The van der Waals surface area contributed by atoms with Crippen molar-refractivity contribution in [3.05, 3.63) is 39.6 Å². The number of carbonyl (C=O) groups is 3. The standard InChI is InChI=1S/C19H23NO7/c1-5-25-16(22)12(17(23)26-6-2)10-20-13-7-11-14(21)8-19(3,4)9-15(11)27-18(13)24/h7,10,20H,5-6,8-9H2,1-4H3. The fraction of sp³-hybridized carbons (Fsp3) is 0.474. The van der Waals surface area contributed by atoms with E-state index in [9.17, 15) is 19.2 Å². The smallest absolute Gasteiger partial charge is 0.359 e. The van der Waals surface area contributed by atoms with E-state index in [0.717, 1.165) is 6.20 Å². The van der Waals surface area contributed by atoms with Gasteiger partial charge in [-0.3, -0.25) is 4.79 Å². The van der Waals surface area contributed by atoms with Gasteiger partial charge in [0.2, 0.25) is 0 Å². The largest absolute Gasteiger partial charge is 0.462 e. The highest BCUT2D eigenvalue weighted by Gasteiger charge is 2.33. The Morgan fingerprint density at radius 3 is 2.30 bits per heavy atom. The number of rotatable bonds is 6. The van der Waals surface area contributed by atoms with Crippen molar-refractivity contribution in [2.24, 2.45) is 5.41 Å². The molecule has 1 aromatic rings. The topological polar surface area (TPSA) is 112 Å². The zero-order valence-corrected chi connectivity index (χ0v) is 15.8. The van der Waals surface area contributed by atoms with E-state index >= 15 is 0 Å². The lowest BCUT2D eigenvalue weighted by Gasteiger charge is -2.28. The summed E-state index contributed by atoms with van der Waals surface area (Å²) in [6, 6.07) is 1.38. The first-order chi connectivity index (χ1) is 12.7. The Labute approximate surface area is 156 Å². The third kappa shape index (κ3) is 4.84. The second kappa shape index (κ2) is 8.20. The van der Waals surface area contributed by atoms with E-state index in [4.69, 9.17) is 13.9 Å². The first-order valence-electron chi connectivity index (χ1n) is 8.69. The van der Waals surface area contributed by atoms with E-state index in [-0.39, 0.29) is 30.1 Å². The number of Topliss-reactive ketones (excluding diaryl/α,β-unsaturated/α-hetero) is 1. The number of esters is 2. The Morgan fingerprint density at radius 2 is 1.74 bits per heavy atom. The third-order valence-electron chi connectivity index (χ3n) is 3.97. The van der Waals surface area contributed by atoms with Crippen molar-refractivity contribution in [2.45, 2.75) is 40.5 Å². The maximum atomic E-state index is 12.3. The number of anilines is 1. The molecule has 1 aliphatic carbocycles. The van der Waals surface area contributed by atoms with Gasteiger partial charge in [0.05, 0.1) is 18.8 Å². The second-order valence-electron chi connectivity index (χ2n) is 6.87. The fourth-order valence-electron chi connectivity index (χ4n) is 2.77. The molecule has 1 aliphatic rings. The van der Waals surface area contributed by atoms with Crippen molar-refractivity contribution in [1.82, 2.24) is 0 Å². The normalized spacial score (nSPS) is 14.7. The van der Waals surface area contributed by atoms with Crippen molar-refractivity contribution in [1.29, 1.82) is 0 Å². The third-order valence-corrected chi connectivity index (χ3v) is 3.97. The van der Waals surface area contributed by atoms with Crippen LogP contribution in [0.2, 0.25) is 0 Å². The molecule has 0 aliphatic heterocycles. The SMILES string of the molecule is CCOC(=O)C(=CNc1cc2c(oc1=O)CC(C)(C)CC2=O)C(=O)OCC. The van der Waals surface area contributed by atoms with Gasteiger partial charge in [-0.1, -0.05) is 13.8 Å². The molecule has 8 nitrogen and oxygen atoms in total. The Balaban J connectivity index is 2.35. The van der Waals surface area contributed by atoms with E-state index in [0.29, 0.717) is 24.2 Å². The van der Waals surface area contributed by atoms with Gasteiger partial charge < -0.3 is 19.2 Å². The van der Waals surface area contributed by atoms with Crippen LogP contribution in [-0.2, 0) is 25.5 Å². The number of ether oxygens (including phenoxy) is 2. The summed E-state index contributed by atoms with van der Waals surface area (Å²) >= 11 is 0. The van der Waals surface area contributed by atoms with Crippen LogP contribution in [0, 0.1) is 5.41 Å². The highest BCUT2D eigenvalue weighted by molar-refractivity contribution is 6.14. The summed E-state index contributed by atoms with van der Waals surface area (Å²) in [6.45, 7) is 7.18. The summed E-state index contributed by atoms with van der Waals surface area (Å²) in [5.41, 5.74) is -1.13. The summed E-state index contributed by atoms with van der Waals surface area (Å²) in [5.74, 6) is -1.56. The zero-order chi connectivity index (χ0) is 20.2. The molecule has 0 aromatic carbocycles. The molecule has 0 fully saturated rings. The molecule has 1 heterocycles. The molecule has 146 valence electrons. The van der Waals surface area contributed by atoms with Gasteiger partial charge >= 0.3 is 17.6 Å². The molecule has 0 spiro atoms.